The number of likely N-dealkylation sites (tertiary alicyclic amines) is 1. The van der Waals surface area contributed by atoms with Crippen LogP contribution in [0.2, 0.25) is 5.02 Å². The summed E-state index contributed by atoms with van der Waals surface area (Å²) >= 11 is 5.88. The summed E-state index contributed by atoms with van der Waals surface area (Å²) in [5.41, 5.74) is 0.0822. The Labute approximate surface area is 169 Å². The second-order valence-corrected chi connectivity index (χ2v) is 8.97. The highest BCUT2D eigenvalue weighted by Gasteiger charge is 2.26. The van der Waals surface area contributed by atoms with Crippen molar-refractivity contribution in [3.63, 3.8) is 0 Å². The Morgan fingerprint density at radius 1 is 1.26 bits per heavy atom. The molecule has 0 bridgehead atoms. The summed E-state index contributed by atoms with van der Waals surface area (Å²) in [6, 6.07) is 7.44. The molecule has 1 N–H and O–H groups in total. The molecule has 0 unspecified atom stereocenters. The standard InChI is InChI=1S/C21H34ClN3O2/c1-21(2,16-24(3)4)15-23-20(26)17-9-11-25(12-10-17)13-14-27-19-7-5-18(22)6-8-19/h5-8,17H,9-16H2,1-4H3,(H,23,26). The van der Waals surface area contributed by atoms with Crippen molar-refractivity contribution < 1.29 is 9.53 Å². The van der Waals surface area contributed by atoms with Crippen molar-refractivity contribution in [1.29, 1.82) is 0 Å². The molecule has 0 radical (unpaired) electrons. The number of hydrogen-bond acceptors (Lipinski definition) is 4. The van der Waals surface area contributed by atoms with Gasteiger partial charge in [-0.15, -0.1) is 0 Å². The number of hydrogen-bond donors (Lipinski definition) is 1. The molecule has 0 saturated carbocycles. The van der Waals surface area contributed by atoms with E-state index >= 15 is 0 Å². The monoisotopic (exact) mass is 395 g/mol. The maximum Gasteiger partial charge on any atom is 0.223 e. The highest BCUT2D eigenvalue weighted by molar-refractivity contribution is 6.30. The van der Waals surface area contributed by atoms with Crippen LogP contribution in [0.4, 0.5) is 0 Å². The van der Waals surface area contributed by atoms with Crippen LogP contribution in [0.3, 0.4) is 0 Å². The van der Waals surface area contributed by atoms with E-state index in [4.69, 9.17) is 16.3 Å². The molecular weight excluding hydrogens is 362 g/mol. The number of benzene rings is 1. The zero-order valence-corrected chi connectivity index (χ0v) is 17.9. The van der Waals surface area contributed by atoms with E-state index in [1.165, 1.54) is 0 Å². The van der Waals surface area contributed by atoms with Gasteiger partial charge in [-0.2, -0.15) is 0 Å². The average Bonchev–Trinajstić information content (AvgIpc) is 2.61. The van der Waals surface area contributed by atoms with E-state index in [-0.39, 0.29) is 17.2 Å². The number of rotatable bonds is 9. The number of carbonyl (C=O) groups excluding carboxylic acids is 1. The molecule has 1 fully saturated rings. The van der Waals surface area contributed by atoms with Crippen LogP contribution in [0.15, 0.2) is 24.3 Å². The summed E-state index contributed by atoms with van der Waals surface area (Å²) in [5, 5.41) is 3.88. The van der Waals surface area contributed by atoms with Crippen molar-refractivity contribution in [3.8, 4) is 5.75 Å². The van der Waals surface area contributed by atoms with E-state index in [9.17, 15) is 4.79 Å². The Bertz CT molecular complexity index is 582. The maximum atomic E-state index is 12.5. The minimum absolute atomic E-state index is 0.0822. The lowest BCUT2D eigenvalue weighted by molar-refractivity contribution is -0.127. The molecule has 1 aliphatic heterocycles. The molecule has 0 atom stereocenters. The van der Waals surface area contributed by atoms with Crippen molar-refractivity contribution in [1.82, 2.24) is 15.1 Å². The predicted molar refractivity (Wildman–Crippen MR) is 111 cm³/mol. The van der Waals surface area contributed by atoms with Crippen molar-refractivity contribution in [2.24, 2.45) is 11.3 Å². The van der Waals surface area contributed by atoms with Gasteiger partial charge in [0, 0.05) is 30.6 Å². The number of piperidine rings is 1. The Morgan fingerprint density at radius 3 is 2.48 bits per heavy atom. The van der Waals surface area contributed by atoms with Gasteiger partial charge in [0.2, 0.25) is 5.91 Å². The van der Waals surface area contributed by atoms with Gasteiger partial charge < -0.3 is 15.0 Å². The van der Waals surface area contributed by atoms with Gasteiger partial charge in [0.25, 0.3) is 0 Å². The molecule has 0 spiro atoms. The van der Waals surface area contributed by atoms with E-state index in [2.05, 4.69) is 43.1 Å². The van der Waals surface area contributed by atoms with Gasteiger partial charge in [0.05, 0.1) is 0 Å². The van der Waals surface area contributed by atoms with E-state index in [0.717, 1.165) is 51.3 Å². The molecule has 0 aliphatic carbocycles. The molecule has 1 heterocycles. The molecule has 1 aromatic carbocycles. The fourth-order valence-electron chi connectivity index (χ4n) is 3.62. The fourth-order valence-corrected chi connectivity index (χ4v) is 3.75. The van der Waals surface area contributed by atoms with Crippen LogP contribution in [0, 0.1) is 11.3 Å². The van der Waals surface area contributed by atoms with Gasteiger partial charge in [0.1, 0.15) is 12.4 Å². The molecular formula is C21H34ClN3O2. The third-order valence-electron chi connectivity index (χ3n) is 4.93. The second kappa shape index (κ2) is 10.3. The molecule has 1 aliphatic rings. The van der Waals surface area contributed by atoms with Crippen molar-refractivity contribution >= 4 is 17.5 Å². The number of carbonyl (C=O) groups is 1. The van der Waals surface area contributed by atoms with Gasteiger partial charge in [-0.3, -0.25) is 9.69 Å². The van der Waals surface area contributed by atoms with Crippen LogP contribution in [0.1, 0.15) is 26.7 Å². The molecule has 1 amide bonds. The van der Waals surface area contributed by atoms with E-state index < -0.39 is 0 Å². The second-order valence-electron chi connectivity index (χ2n) is 8.54. The van der Waals surface area contributed by atoms with Crippen LogP contribution in [-0.2, 0) is 4.79 Å². The zero-order chi connectivity index (χ0) is 19.9. The number of ether oxygens (including phenoxy) is 1. The van der Waals surface area contributed by atoms with E-state index in [0.29, 0.717) is 11.6 Å². The van der Waals surface area contributed by atoms with E-state index in [1.54, 1.807) is 0 Å². The molecule has 152 valence electrons. The van der Waals surface area contributed by atoms with Gasteiger partial charge in [-0.1, -0.05) is 25.4 Å². The minimum atomic E-state index is 0.0822. The SMILES string of the molecule is CN(C)CC(C)(C)CNC(=O)C1CCN(CCOc2ccc(Cl)cc2)CC1. The van der Waals surface area contributed by atoms with Crippen molar-refractivity contribution in [3.05, 3.63) is 29.3 Å². The topological polar surface area (TPSA) is 44.8 Å². The number of amides is 1. The minimum Gasteiger partial charge on any atom is -0.492 e. The normalized spacial score (nSPS) is 16.5. The van der Waals surface area contributed by atoms with Crippen LogP contribution in [0.5, 0.6) is 5.75 Å². The molecule has 2 rings (SSSR count). The van der Waals surface area contributed by atoms with Gasteiger partial charge >= 0.3 is 0 Å². The van der Waals surface area contributed by atoms with Gasteiger partial charge in [0.15, 0.2) is 0 Å². The van der Waals surface area contributed by atoms with Crippen LogP contribution in [0.25, 0.3) is 0 Å². The fraction of sp³-hybridized carbons (Fsp3) is 0.667. The first-order valence-corrected chi connectivity index (χ1v) is 10.2. The first kappa shape index (κ1) is 22.0. The van der Waals surface area contributed by atoms with Crippen molar-refractivity contribution in [2.45, 2.75) is 26.7 Å². The average molecular weight is 396 g/mol. The van der Waals surface area contributed by atoms with Crippen LogP contribution in [-0.4, -0.2) is 69.1 Å². The van der Waals surface area contributed by atoms with Gasteiger partial charge in [-0.25, -0.2) is 0 Å². The molecule has 27 heavy (non-hydrogen) atoms. The zero-order valence-electron chi connectivity index (χ0n) is 17.1. The summed E-state index contributed by atoms with van der Waals surface area (Å²) in [5.74, 6) is 1.18. The Morgan fingerprint density at radius 2 is 1.89 bits per heavy atom. The third-order valence-corrected chi connectivity index (χ3v) is 5.19. The molecule has 6 heteroatoms. The first-order valence-electron chi connectivity index (χ1n) is 9.78. The molecule has 1 aromatic rings. The lowest BCUT2D eigenvalue weighted by Gasteiger charge is -2.33. The maximum absolute atomic E-state index is 12.5. The quantitative estimate of drug-likeness (QED) is 0.697. The highest BCUT2D eigenvalue weighted by Crippen LogP contribution is 2.20. The lowest BCUT2D eigenvalue weighted by atomic mass is 9.91. The number of halogens is 1. The summed E-state index contributed by atoms with van der Waals surface area (Å²) in [4.78, 5) is 17.0. The highest BCUT2D eigenvalue weighted by atomic mass is 35.5. The summed E-state index contributed by atoms with van der Waals surface area (Å²) in [6.45, 7) is 9.49. The van der Waals surface area contributed by atoms with Crippen molar-refractivity contribution in [2.75, 3.05) is 53.4 Å². The summed E-state index contributed by atoms with van der Waals surface area (Å²) in [6.07, 6.45) is 1.84. The third kappa shape index (κ3) is 8.08. The Kier molecular flexibility index (Phi) is 8.39. The number of nitrogens with zero attached hydrogens (tertiary/aromatic N) is 2. The largest absolute Gasteiger partial charge is 0.492 e. The lowest BCUT2D eigenvalue weighted by Crippen LogP contribution is -2.45. The Hall–Kier alpha value is -1.30. The molecule has 0 aromatic heterocycles. The predicted octanol–water partition coefficient (Wildman–Crippen LogP) is 3.13. The number of nitrogens with one attached hydrogen (secondary N) is 1. The smallest absolute Gasteiger partial charge is 0.223 e. The summed E-state index contributed by atoms with van der Waals surface area (Å²) in [7, 11) is 4.13. The molecule has 5 nitrogen and oxygen atoms in total. The first-order chi connectivity index (χ1) is 12.7. The van der Waals surface area contributed by atoms with Gasteiger partial charge in [-0.05, 0) is 69.7 Å². The van der Waals surface area contributed by atoms with Crippen LogP contribution < -0.4 is 10.1 Å². The Balaban J connectivity index is 1.64. The van der Waals surface area contributed by atoms with Crippen LogP contribution >= 0.6 is 11.6 Å². The molecule has 1 saturated heterocycles. The van der Waals surface area contributed by atoms with E-state index in [1.807, 2.05) is 24.3 Å². The summed E-state index contributed by atoms with van der Waals surface area (Å²) < 4.78 is 5.76.